The molecule has 0 saturated carbocycles. The summed E-state index contributed by atoms with van der Waals surface area (Å²) in [5.74, 6) is 1.20. The summed E-state index contributed by atoms with van der Waals surface area (Å²) < 4.78 is 5.20. The maximum atomic E-state index is 5.91. The molecule has 4 nitrogen and oxygen atoms in total. The average molecular weight is 245 g/mol. The maximum absolute atomic E-state index is 5.91. The quantitative estimate of drug-likeness (QED) is 0.898. The van der Waals surface area contributed by atoms with Crippen molar-refractivity contribution in [3.8, 4) is 0 Å². The Labute approximate surface area is 107 Å². The van der Waals surface area contributed by atoms with E-state index >= 15 is 0 Å². The predicted molar refractivity (Wildman–Crippen MR) is 70.1 cm³/mol. The van der Waals surface area contributed by atoms with Gasteiger partial charge in [0.15, 0.2) is 5.82 Å². The molecule has 0 amide bonds. The molecule has 0 bridgehead atoms. The second-order valence-electron chi connectivity index (χ2n) is 5.22. The summed E-state index contributed by atoms with van der Waals surface area (Å²) in [4.78, 5) is 4.31. The zero-order chi connectivity index (χ0) is 13.2. The fourth-order valence-electron chi connectivity index (χ4n) is 1.62. The van der Waals surface area contributed by atoms with Gasteiger partial charge in [0.2, 0.25) is 5.89 Å². The third kappa shape index (κ3) is 3.17. The molecule has 0 aliphatic carbocycles. The lowest BCUT2D eigenvalue weighted by atomic mass is 10.1. The van der Waals surface area contributed by atoms with Crippen molar-refractivity contribution in [2.75, 3.05) is 0 Å². The zero-order valence-corrected chi connectivity index (χ0v) is 11.1. The SMILES string of the molecule is Cc1ccc(CCc2nc(C(C)(C)N)no2)cc1. The van der Waals surface area contributed by atoms with Gasteiger partial charge in [-0.1, -0.05) is 35.0 Å². The number of nitrogens with zero attached hydrogens (tertiary/aromatic N) is 2. The molecular weight excluding hydrogens is 226 g/mol. The summed E-state index contributed by atoms with van der Waals surface area (Å²) in [6.45, 7) is 5.81. The van der Waals surface area contributed by atoms with Crippen molar-refractivity contribution in [3.63, 3.8) is 0 Å². The zero-order valence-electron chi connectivity index (χ0n) is 11.1. The summed E-state index contributed by atoms with van der Waals surface area (Å²) in [6, 6.07) is 8.47. The van der Waals surface area contributed by atoms with E-state index in [0.717, 1.165) is 12.8 Å². The van der Waals surface area contributed by atoms with E-state index in [1.54, 1.807) is 0 Å². The van der Waals surface area contributed by atoms with E-state index in [2.05, 4.69) is 41.3 Å². The maximum Gasteiger partial charge on any atom is 0.227 e. The molecule has 0 saturated heterocycles. The highest BCUT2D eigenvalue weighted by Gasteiger charge is 2.21. The first-order valence-electron chi connectivity index (χ1n) is 6.12. The van der Waals surface area contributed by atoms with Gasteiger partial charge in [-0.2, -0.15) is 4.98 Å². The van der Waals surface area contributed by atoms with E-state index in [1.165, 1.54) is 11.1 Å². The van der Waals surface area contributed by atoms with Crippen molar-refractivity contribution in [2.24, 2.45) is 5.73 Å². The van der Waals surface area contributed by atoms with Crippen molar-refractivity contribution in [3.05, 3.63) is 47.1 Å². The molecule has 18 heavy (non-hydrogen) atoms. The van der Waals surface area contributed by atoms with Crippen LogP contribution in [0.3, 0.4) is 0 Å². The van der Waals surface area contributed by atoms with E-state index in [0.29, 0.717) is 11.7 Å². The van der Waals surface area contributed by atoms with Crippen LogP contribution < -0.4 is 5.73 Å². The molecule has 0 radical (unpaired) electrons. The Morgan fingerprint density at radius 2 is 1.83 bits per heavy atom. The Balaban J connectivity index is 1.98. The standard InChI is InChI=1S/C14H19N3O/c1-10-4-6-11(7-5-10)8-9-12-16-13(17-18-12)14(2,3)15/h4-7H,8-9,15H2,1-3H3. The largest absolute Gasteiger partial charge is 0.339 e. The summed E-state index contributed by atoms with van der Waals surface area (Å²) in [5, 5.41) is 3.90. The van der Waals surface area contributed by atoms with E-state index < -0.39 is 5.54 Å². The first kappa shape index (κ1) is 12.8. The Bertz CT molecular complexity index is 509. The van der Waals surface area contributed by atoms with Crippen molar-refractivity contribution >= 4 is 0 Å². The molecule has 0 unspecified atom stereocenters. The molecule has 1 aromatic heterocycles. The highest BCUT2D eigenvalue weighted by molar-refractivity contribution is 5.21. The number of hydrogen-bond acceptors (Lipinski definition) is 4. The fraction of sp³-hybridized carbons (Fsp3) is 0.429. The lowest BCUT2D eigenvalue weighted by Crippen LogP contribution is -2.30. The van der Waals surface area contributed by atoms with Gasteiger partial charge in [-0.25, -0.2) is 0 Å². The van der Waals surface area contributed by atoms with Gasteiger partial charge in [0.1, 0.15) is 0 Å². The topological polar surface area (TPSA) is 64.9 Å². The van der Waals surface area contributed by atoms with Gasteiger partial charge in [-0.05, 0) is 32.8 Å². The van der Waals surface area contributed by atoms with Crippen molar-refractivity contribution in [2.45, 2.75) is 39.2 Å². The molecule has 0 spiro atoms. The van der Waals surface area contributed by atoms with Gasteiger partial charge in [0.05, 0.1) is 5.54 Å². The highest BCUT2D eigenvalue weighted by atomic mass is 16.5. The molecule has 1 aromatic carbocycles. The van der Waals surface area contributed by atoms with Crippen LogP contribution in [-0.4, -0.2) is 10.1 Å². The minimum atomic E-state index is -0.550. The Morgan fingerprint density at radius 1 is 1.17 bits per heavy atom. The van der Waals surface area contributed by atoms with Crippen LogP contribution in [-0.2, 0) is 18.4 Å². The van der Waals surface area contributed by atoms with E-state index in [9.17, 15) is 0 Å². The Hall–Kier alpha value is -1.68. The lowest BCUT2D eigenvalue weighted by Gasteiger charge is -2.11. The van der Waals surface area contributed by atoms with Gasteiger partial charge < -0.3 is 10.3 Å². The smallest absolute Gasteiger partial charge is 0.227 e. The molecule has 0 atom stereocenters. The molecule has 2 rings (SSSR count). The monoisotopic (exact) mass is 245 g/mol. The molecular formula is C14H19N3O. The van der Waals surface area contributed by atoms with E-state index in [4.69, 9.17) is 10.3 Å². The highest BCUT2D eigenvalue weighted by Crippen LogP contribution is 2.14. The summed E-state index contributed by atoms with van der Waals surface area (Å²) in [7, 11) is 0. The van der Waals surface area contributed by atoms with Crippen LogP contribution in [0, 0.1) is 6.92 Å². The van der Waals surface area contributed by atoms with Gasteiger partial charge >= 0.3 is 0 Å². The second kappa shape index (κ2) is 4.90. The molecule has 2 N–H and O–H groups in total. The van der Waals surface area contributed by atoms with E-state index in [1.807, 2.05) is 13.8 Å². The number of hydrogen-bond donors (Lipinski definition) is 1. The number of nitrogens with two attached hydrogens (primary N) is 1. The van der Waals surface area contributed by atoms with Crippen LogP contribution >= 0.6 is 0 Å². The predicted octanol–water partition coefficient (Wildman–Crippen LogP) is 2.36. The molecule has 0 aliphatic rings. The first-order valence-corrected chi connectivity index (χ1v) is 6.12. The van der Waals surface area contributed by atoms with Crippen LogP contribution in [0.2, 0.25) is 0 Å². The number of aromatic nitrogens is 2. The van der Waals surface area contributed by atoms with Gasteiger partial charge in [-0.15, -0.1) is 0 Å². The molecule has 1 heterocycles. The fourth-order valence-corrected chi connectivity index (χ4v) is 1.62. The lowest BCUT2D eigenvalue weighted by molar-refractivity contribution is 0.360. The van der Waals surface area contributed by atoms with Gasteiger partial charge in [0.25, 0.3) is 0 Å². The third-order valence-electron chi connectivity index (χ3n) is 2.79. The van der Waals surface area contributed by atoms with Gasteiger partial charge in [-0.3, -0.25) is 0 Å². The van der Waals surface area contributed by atoms with Crippen LogP contribution in [0.15, 0.2) is 28.8 Å². The molecule has 4 heteroatoms. The minimum absolute atomic E-state index is 0.550. The molecule has 2 aromatic rings. The van der Waals surface area contributed by atoms with Crippen LogP contribution in [0.25, 0.3) is 0 Å². The third-order valence-corrected chi connectivity index (χ3v) is 2.79. The van der Waals surface area contributed by atoms with Gasteiger partial charge in [0, 0.05) is 6.42 Å². The normalized spacial score (nSPS) is 11.8. The van der Waals surface area contributed by atoms with Crippen molar-refractivity contribution in [1.29, 1.82) is 0 Å². The number of aryl methyl sites for hydroxylation is 3. The number of rotatable bonds is 4. The summed E-state index contributed by atoms with van der Waals surface area (Å²) in [6.07, 6.45) is 1.64. The molecule has 0 fully saturated rings. The van der Waals surface area contributed by atoms with Crippen molar-refractivity contribution < 1.29 is 4.52 Å². The Kier molecular flexibility index (Phi) is 3.48. The Morgan fingerprint density at radius 3 is 2.39 bits per heavy atom. The summed E-state index contributed by atoms with van der Waals surface area (Å²) >= 11 is 0. The average Bonchev–Trinajstić information content (AvgIpc) is 2.77. The molecule has 0 aliphatic heterocycles. The second-order valence-corrected chi connectivity index (χ2v) is 5.22. The first-order chi connectivity index (χ1) is 8.45. The van der Waals surface area contributed by atoms with Crippen LogP contribution in [0.5, 0.6) is 0 Å². The van der Waals surface area contributed by atoms with Crippen LogP contribution in [0.1, 0.15) is 36.7 Å². The minimum Gasteiger partial charge on any atom is -0.339 e. The number of benzene rings is 1. The van der Waals surface area contributed by atoms with Crippen molar-refractivity contribution in [1.82, 2.24) is 10.1 Å². The summed E-state index contributed by atoms with van der Waals surface area (Å²) in [5.41, 5.74) is 7.90. The van der Waals surface area contributed by atoms with E-state index in [-0.39, 0.29) is 0 Å². The molecule has 96 valence electrons. The van der Waals surface area contributed by atoms with Crippen LogP contribution in [0.4, 0.5) is 0 Å².